The molecule has 0 saturated carbocycles. The molecule has 0 spiro atoms. The summed E-state index contributed by atoms with van der Waals surface area (Å²) in [5.41, 5.74) is 0.176. The number of hydrogen-bond acceptors (Lipinski definition) is 4. The molecule has 0 amide bonds. The average molecular weight is 232 g/mol. The standard InChI is InChI=1S/C13H12O4/c1-17-13(16)12(15)11-9-5-3-2-4-8(9)6-7-10(11)14/h2-7,12,14-15H,1H3. The largest absolute Gasteiger partial charge is 0.508 e. The number of ether oxygens (including phenoxy) is 1. The van der Waals surface area contributed by atoms with Crippen molar-refractivity contribution in [3.05, 3.63) is 42.0 Å². The summed E-state index contributed by atoms with van der Waals surface area (Å²) in [4.78, 5) is 11.3. The van der Waals surface area contributed by atoms with Crippen LogP contribution in [0.5, 0.6) is 5.75 Å². The molecule has 2 rings (SSSR count). The lowest BCUT2D eigenvalue weighted by molar-refractivity contribution is -0.150. The monoisotopic (exact) mass is 232 g/mol. The van der Waals surface area contributed by atoms with E-state index < -0.39 is 12.1 Å². The van der Waals surface area contributed by atoms with E-state index >= 15 is 0 Å². The van der Waals surface area contributed by atoms with Gasteiger partial charge in [0.2, 0.25) is 0 Å². The lowest BCUT2D eigenvalue weighted by atomic mass is 9.99. The molecule has 0 aliphatic carbocycles. The van der Waals surface area contributed by atoms with Crippen LogP contribution in [0.4, 0.5) is 0 Å². The van der Waals surface area contributed by atoms with Gasteiger partial charge in [-0.1, -0.05) is 30.3 Å². The van der Waals surface area contributed by atoms with E-state index in [1.807, 2.05) is 12.1 Å². The number of hydrogen-bond donors (Lipinski definition) is 2. The number of aliphatic hydroxyl groups excluding tert-OH is 1. The predicted octanol–water partition coefficient (Wildman–Crippen LogP) is 1.75. The Labute approximate surface area is 98.1 Å². The molecular formula is C13H12O4. The maximum Gasteiger partial charge on any atom is 0.339 e. The van der Waals surface area contributed by atoms with Crippen molar-refractivity contribution >= 4 is 16.7 Å². The number of esters is 1. The Morgan fingerprint density at radius 1 is 1.24 bits per heavy atom. The zero-order valence-corrected chi connectivity index (χ0v) is 9.25. The molecule has 0 bridgehead atoms. The van der Waals surface area contributed by atoms with Crippen molar-refractivity contribution in [2.24, 2.45) is 0 Å². The zero-order valence-electron chi connectivity index (χ0n) is 9.25. The number of aromatic hydroxyl groups is 1. The summed E-state index contributed by atoms with van der Waals surface area (Å²) in [5.74, 6) is -0.918. The van der Waals surface area contributed by atoms with Crippen LogP contribution in [0.2, 0.25) is 0 Å². The van der Waals surface area contributed by atoms with Crippen LogP contribution >= 0.6 is 0 Å². The molecule has 0 aromatic heterocycles. The number of phenolic OH excluding ortho intramolecular Hbond substituents is 1. The van der Waals surface area contributed by atoms with Crippen molar-refractivity contribution in [3.8, 4) is 5.75 Å². The fraction of sp³-hybridized carbons (Fsp3) is 0.154. The molecular weight excluding hydrogens is 220 g/mol. The molecule has 2 N–H and O–H groups in total. The number of fused-ring (bicyclic) bond motifs is 1. The second-order valence-electron chi connectivity index (χ2n) is 3.65. The fourth-order valence-corrected chi connectivity index (χ4v) is 1.80. The molecule has 1 unspecified atom stereocenters. The number of benzene rings is 2. The van der Waals surface area contributed by atoms with Gasteiger partial charge < -0.3 is 14.9 Å². The third kappa shape index (κ3) is 1.94. The average Bonchev–Trinajstić information content (AvgIpc) is 2.37. The molecule has 0 fully saturated rings. The number of aliphatic hydroxyl groups is 1. The smallest absolute Gasteiger partial charge is 0.339 e. The third-order valence-electron chi connectivity index (χ3n) is 2.65. The van der Waals surface area contributed by atoms with Crippen LogP contribution in [-0.2, 0) is 9.53 Å². The van der Waals surface area contributed by atoms with E-state index in [4.69, 9.17) is 0 Å². The molecule has 0 aliphatic rings. The Morgan fingerprint density at radius 3 is 2.65 bits per heavy atom. The van der Waals surface area contributed by atoms with Crippen LogP contribution in [0, 0.1) is 0 Å². The van der Waals surface area contributed by atoms with E-state index in [9.17, 15) is 15.0 Å². The maximum atomic E-state index is 11.3. The van der Waals surface area contributed by atoms with E-state index in [1.165, 1.54) is 13.2 Å². The molecule has 88 valence electrons. The third-order valence-corrected chi connectivity index (χ3v) is 2.65. The number of phenols is 1. The quantitative estimate of drug-likeness (QED) is 0.774. The van der Waals surface area contributed by atoms with Gasteiger partial charge in [0.05, 0.1) is 7.11 Å². The number of rotatable bonds is 2. The van der Waals surface area contributed by atoms with Crippen molar-refractivity contribution < 1.29 is 19.7 Å². The second kappa shape index (κ2) is 4.43. The SMILES string of the molecule is COC(=O)C(O)c1c(O)ccc2ccccc12. The Bertz CT molecular complexity index is 562. The number of methoxy groups -OCH3 is 1. The lowest BCUT2D eigenvalue weighted by Crippen LogP contribution is -2.14. The summed E-state index contributed by atoms with van der Waals surface area (Å²) in [6.07, 6.45) is -1.48. The maximum absolute atomic E-state index is 11.3. The first kappa shape index (κ1) is 11.4. The van der Waals surface area contributed by atoms with Gasteiger partial charge in [-0.2, -0.15) is 0 Å². The highest BCUT2D eigenvalue weighted by molar-refractivity contribution is 5.92. The van der Waals surface area contributed by atoms with Gasteiger partial charge in [0.1, 0.15) is 5.75 Å². The summed E-state index contributed by atoms with van der Waals surface area (Å²) < 4.78 is 4.47. The zero-order chi connectivity index (χ0) is 12.4. The topological polar surface area (TPSA) is 66.8 Å². The van der Waals surface area contributed by atoms with Crippen molar-refractivity contribution in [3.63, 3.8) is 0 Å². The fourth-order valence-electron chi connectivity index (χ4n) is 1.80. The highest BCUT2D eigenvalue weighted by atomic mass is 16.5. The summed E-state index contributed by atoms with van der Waals surface area (Å²) in [7, 11) is 1.19. The van der Waals surface area contributed by atoms with Crippen molar-refractivity contribution in [2.45, 2.75) is 6.10 Å². The molecule has 0 aliphatic heterocycles. The first-order chi connectivity index (χ1) is 8.15. The Hall–Kier alpha value is -2.07. The van der Waals surface area contributed by atoms with E-state index in [2.05, 4.69) is 4.74 Å². The van der Waals surface area contributed by atoms with Crippen LogP contribution in [-0.4, -0.2) is 23.3 Å². The molecule has 4 heteroatoms. The molecule has 0 saturated heterocycles. The Kier molecular flexibility index (Phi) is 2.97. The first-order valence-corrected chi connectivity index (χ1v) is 5.11. The number of carbonyl (C=O) groups is 1. The Morgan fingerprint density at radius 2 is 1.94 bits per heavy atom. The minimum atomic E-state index is -1.48. The van der Waals surface area contributed by atoms with Gasteiger partial charge in [0, 0.05) is 5.56 Å². The van der Waals surface area contributed by atoms with Gasteiger partial charge >= 0.3 is 5.97 Å². The summed E-state index contributed by atoms with van der Waals surface area (Å²) in [6.45, 7) is 0. The number of carbonyl (C=O) groups excluding carboxylic acids is 1. The molecule has 17 heavy (non-hydrogen) atoms. The first-order valence-electron chi connectivity index (χ1n) is 5.11. The summed E-state index contributed by atoms with van der Waals surface area (Å²) in [6, 6.07) is 10.4. The molecule has 2 aromatic carbocycles. The van der Waals surface area contributed by atoms with Crippen LogP contribution in [0.3, 0.4) is 0 Å². The van der Waals surface area contributed by atoms with Gasteiger partial charge in [0.15, 0.2) is 6.10 Å². The normalized spacial score (nSPS) is 12.4. The minimum Gasteiger partial charge on any atom is -0.508 e. The van der Waals surface area contributed by atoms with Crippen LogP contribution in [0.15, 0.2) is 36.4 Å². The van der Waals surface area contributed by atoms with Gasteiger partial charge in [0.25, 0.3) is 0 Å². The van der Waals surface area contributed by atoms with Crippen LogP contribution < -0.4 is 0 Å². The highest BCUT2D eigenvalue weighted by Crippen LogP contribution is 2.32. The molecule has 1 atom stereocenters. The Balaban J connectivity index is 2.66. The van der Waals surface area contributed by atoms with Gasteiger partial charge in [-0.3, -0.25) is 0 Å². The highest BCUT2D eigenvalue weighted by Gasteiger charge is 2.23. The second-order valence-corrected chi connectivity index (χ2v) is 3.65. The van der Waals surface area contributed by atoms with Crippen molar-refractivity contribution in [1.29, 1.82) is 0 Å². The molecule has 2 aromatic rings. The van der Waals surface area contributed by atoms with E-state index in [0.717, 1.165) is 5.39 Å². The van der Waals surface area contributed by atoms with E-state index in [0.29, 0.717) is 5.39 Å². The van der Waals surface area contributed by atoms with Gasteiger partial charge in [-0.15, -0.1) is 0 Å². The van der Waals surface area contributed by atoms with E-state index in [-0.39, 0.29) is 11.3 Å². The van der Waals surface area contributed by atoms with Crippen molar-refractivity contribution in [1.82, 2.24) is 0 Å². The molecule has 0 heterocycles. The van der Waals surface area contributed by atoms with Crippen molar-refractivity contribution in [2.75, 3.05) is 7.11 Å². The molecule has 4 nitrogen and oxygen atoms in total. The lowest BCUT2D eigenvalue weighted by Gasteiger charge is -2.13. The summed E-state index contributed by atoms with van der Waals surface area (Å²) in [5, 5.41) is 21.1. The predicted molar refractivity (Wildman–Crippen MR) is 62.6 cm³/mol. The van der Waals surface area contributed by atoms with Crippen LogP contribution in [0.25, 0.3) is 10.8 Å². The summed E-state index contributed by atoms with van der Waals surface area (Å²) >= 11 is 0. The van der Waals surface area contributed by atoms with E-state index in [1.54, 1.807) is 18.2 Å². The minimum absolute atomic E-state index is 0.124. The van der Waals surface area contributed by atoms with Crippen LogP contribution in [0.1, 0.15) is 11.7 Å². The van der Waals surface area contributed by atoms with Gasteiger partial charge in [-0.05, 0) is 16.8 Å². The van der Waals surface area contributed by atoms with Gasteiger partial charge in [-0.25, -0.2) is 4.79 Å². The molecule has 0 radical (unpaired) electrons.